The van der Waals surface area contributed by atoms with Gasteiger partial charge in [0.1, 0.15) is 0 Å². The van der Waals surface area contributed by atoms with Crippen LogP contribution in [0.4, 0.5) is 0 Å². The van der Waals surface area contributed by atoms with Crippen LogP contribution in [0.1, 0.15) is 271 Å². The number of amides is 1. The molecule has 352 valence electrons. The summed E-state index contributed by atoms with van der Waals surface area (Å²) in [6, 6.07) is -0.547. The zero-order chi connectivity index (χ0) is 43.7. The van der Waals surface area contributed by atoms with Gasteiger partial charge in [-0.15, -0.1) is 0 Å². The van der Waals surface area contributed by atoms with E-state index in [-0.39, 0.29) is 18.5 Å². The average molecular weight is 844 g/mol. The molecule has 0 aliphatic rings. The summed E-state index contributed by atoms with van der Waals surface area (Å²) >= 11 is 0. The minimum absolute atomic E-state index is 0.0114. The van der Waals surface area contributed by atoms with Crippen molar-refractivity contribution in [3.8, 4) is 0 Å². The molecule has 0 heterocycles. The van der Waals surface area contributed by atoms with Gasteiger partial charge in [0.05, 0.1) is 25.4 Å². The van der Waals surface area contributed by atoms with Crippen molar-refractivity contribution >= 4 is 11.9 Å². The van der Waals surface area contributed by atoms with Crippen LogP contribution in [-0.2, 0) is 14.3 Å². The quantitative estimate of drug-likeness (QED) is 0.0322. The van der Waals surface area contributed by atoms with Crippen molar-refractivity contribution in [3.63, 3.8) is 0 Å². The van der Waals surface area contributed by atoms with Crippen molar-refractivity contribution in [2.75, 3.05) is 13.2 Å². The second kappa shape index (κ2) is 49.7. The lowest BCUT2D eigenvalue weighted by molar-refractivity contribution is -0.143. The zero-order valence-corrected chi connectivity index (χ0v) is 39.9. The maximum atomic E-state index is 12.4. The third kappa shape index (κ3) is 45.6. The number of esters is 1. The molecule has 0 aromatic carbocycles. The SMILES string of the molecule is CCCC/C=C\C/C=C\CCCCCCCC(=O)OCCCCCCCCCC/C=C\CCCCCCCCCC(=O)NC(CO)C(O)CCCCCCCCCCCC. The van der Waals surface area contributed by atoms with Crippen LogP contribution in [0, 0.1) is 0 Å². The van der Waals surface area contributed by atoms with E-state index in [0.29, 0.717) is 25.9 Å². The van der Waals surface area contributed by atoms with E-state index in [1.54, 1.807) is 0 Å². The number of allylic oxidation sites excluding steroid dienone is 6. The first-order chi connectivity index (χ1) is 29.5. The summed E-state index contributed by atoms with van der Waals surface area (Å²) < 4.78 is 5.45. The number of hydrogen-bond donors (Lipinski definition) is 3. The summed E-state index contributed by atoms with van der Waals surface area (Å²) in [6.07, 6.45) is 59.8. The number of aliphatic hydroxyl groups is 2. The third-order valence-electron chi connectivity index (χ3n) is 11.9. The van der Waals surface area contributed by atoms with Gasteiger partial charge in [-0.3, -0.25) is 9.59 Å². The monoisotopic (exact) mass is 844 g/mol. The third-order valence-corrected chi connectivity index (χ3v) is 11.9. The van der Waals surface area contributed by atoms with Crippen LogP contribution in [0.2, 0.25) is 0 Å². The van der Waals surface area contributed by atoms with Crippen LogP contribution < -0.4 is 5.32 Å². The fourth-order valence-electron chi connectivity index (χ4n) is 7.83. The van der Waals surface area contributed by atoms with E-state index in [4.69, 9.17) is 4.74 Å². The van der Waals surface area contributed by atoms with Crippen molar-refractivity contribution in [1.29, 1.82) is 0 Å². The van der Waals surface area contributed by atoms with Gasteiger partial charge in [-0.2, -0.15) is 0 Å². The Morgan fingerprint density at radius 2 is 0.850 bits per heavy atom. The first-order valence-electron chi connectivity index (χ1n) is 26.2. The minimum Gasteiger partial charge on any atom is -0.466 e. The van der Waals surface area contributed by atoms with Gasteiger partial charge in [0.2, 0.25) is 5.91 Å². The van der Waals surface area contributed by atoms with E-state index in [1.807, 2.05) is 0 Å². The highest BCUT2D eigenvalue weighted by molar-refractivity contribution is 5.76. The molecule has 60 heavy (non-hydrogen) atoms. The van der Waals surface area contributed by atoms with E-state index in [9.17, 15) is 19.8 Å². The van der Waals surface area contributed by atoms with Gasteiger partial charge in [0.25, 0.3) is 0 Å². The summed E-state index contributed by atoms with van der Waals surface area (Å²) in [4.78, 5) is 24.4. The van der Waals surface area contributed by atoms with Gasteiger partial charge in [0, 0.05) is 12.8 Å². The Labute approximate surface area is 373 Å². The first kappa shape index (κ1) is 58.1. The van der Waals surface area contributed by atoms with Crippen molar-refractivity contribution in [1.82, 2.24) is 5.32 Å². The van der Waals surface area contributed by atoms with Crippen molar-refractivity contribution in [2.45, 2.75) is 283 Å². The van der Waals surface area contributed by atoms with E-state index in [0.717, 1.165) is 57.8 Å². The molecule has 0 saturated carbocycles. The lowest BCUT2D eigenvalue weighted by atomic mass is 10.0. The molecule has 0 radical (unpaired) electrons. The van der Waals surface area contributed by atoms with E-state index in [1.165, 1.54) is 180 Å². The molecular weight excluding hydrogens is 743 g/mol. The molecule has 2 unspecified atom stereocenters. The summed E-state index contributed by atoms with van der Waals surface area (Å²) in [5.41, 5.74) is 0. The highest BCUT2D eigenvalue weighted by Crippen LogP contribution is 2.15. The Morgan fingerprint density at radius 3 is 1.33 bits per heavy atom. The second-order valence-corrected chi connectivity index (χ2v) is 17.8. The number of carbonyl (C=O) groups is 2. The molecule has 0 fully saturated rings. The molecule has 6 heteroatoms. The van der Waals surface area contributed by atoms with E-state index >= 15 is 0 Å². The molecule has 0 bridgehead atoms. The van der Waals surface area contributed by atoms with Crippen molar-refractivity contribution in [2.24, 2.45) is 0 Å². The van der Waals surface area contributed by atoms with Gasteiger partial charge < -0.3 is 20.3 Å². The maximum absolute atomic E-state index is 12.4. The molecule has 0 spiro atoms. The highest BCUT2D eigenvalue weighted by atomic mass is 16.5. The Bertz CT molecular complexity index is 977. The number of ether oxygens (including phenoxy) is 1. The van der Waals surface area contributed by atoms with Crippen molar-refractivity contribution in [3.05, 3.63) is 36.5 Å². The largest absolute Gasteiger partial charge is 0.466 e. The molecular formula is C54H101NO5. The lowest BCUT2D eigenvalue weighted by Gasteiger charge is -2.22. The molecule has 0 saturated heterocycles. The summed E-state index contributed by atoms with van der Waals surface area (Å²) in [5, 5.41) is 23.1. The molecule has 0 aliphatic carbocycles. The van der Waals surface area contributed by atoms with Gasteiger partial charge in [-0.1, -0.05) is 217 Å². The molecule has 6 nitrogen and oxygen atoms in total. The molecule has 1 amide bonds. The normalized spacial score (nSPS) is 12.9. The highest BCUT2D eigenvalue weighted by Gasteiger charge is 2.20. The molecule has 3 N–H and O–H groups in total. The Morgan fingerprint density at radius 1 is 0.467 bits per heavy atom. The smallest absolute Gasteiger partial charge is 0.305 e. The number of nitrogens with one attached hydrogen (secondary N) is 1. The van der Waals surface area contributed by atoms with Crippen LogP contribution in [0.5, 0.6) is 0 Å². The standard InChI is InChI=1S/C54H101NO5/c1-3-5-7-9-11-13-15-16-25-28-32-36-40-44-48-54(59)60-49-45-41-37-33-29-26-23-21-19-17-18-20-22-24-27-31-35-39-43-47-53(58)55-51(50-56)52(57)46-42-38-34-30-14-12-10-8-6-4-2/h9,11,15-18,51-52,56-57H,3-8,10,12-14,19-50H2,1-2H3,(H,55,58)/b11-9-,16-15-,18-17-. The van der Waals surface area contributed by atoms with Crippen LogP contribution in [0.15, 0.2) is 36.5 Å². The fourth-order valence-corrected chi connectivity index (χ4v) is 7.83. The Balaban J connectivity index is 3.44. The number of aliphatic hydroxyl groups excluding tert-OH is 2. The molecule has 0 rings (SSSR count). The summed E-state index contributed by atoms with van der Waals surface area (Å²) in [7, 11) is 0. The van der Waals surface area contributed by atoms with Gasteiger partial charge in [-0.25, -0.2) is 0 Å². The number of unbranched alkanes of at least 4 members (excludes halogenated alkanes) is 31. The molecule has 0 aromatic heterocycles. The molecule has 0 aromatic rings. The van der Waals surface area contributed by atoms with Crippen molar-refractivity contribution < 1.29 is 24.5 Å². The van der Waals surface area contributed by atoms with Crippen LogP contribution in [-0.4, -0.2) is 47.4 Å². The topological polar surface area (TPSA) is 95.9 Å². The number of rotatable bonds is 48. The lowest BCUT2D eigenvalue weighted by Crippen LogP contribution is -2.45. The first-order valence-corrected chi connectivity index (χ1v) is 26.2. The molecule has 0 aliphatic heterocycles. The predicted molar refractivity (Wildman–Crippen MR) is 259 cm³/mol. The number of carbonyl (C=O) groups excluding carboxylic acids is 2. The predicted octanol–water partition coefficient (Wildman–Crippen LogP) is 15.7. The minimum atomic E-state index is -0.669. The van der Waals surface area contributed by atoms with E-state index in [2.05, 4.69) is 55.6 Å². The summed E-state index contributed by atoms with van der Waals surface area (Å²) in [5.74, 6) is -0.0588. The number of hydrogen-bond acceptors (Lipinski definition) is 5. The average Bonchev–Trinajstić information content (AvgIpc) is 3.25. The van der Waals surface area contributed by atoms with Crippen LogP contribution >= 0.6 is 0 Å². The Kier molecular flexibility index (Phi) is 48.1. The Hall–Kier alpha value is -1.92. The summed E-state index contributed by atoms with van der Waals surface area (Å²) in [6.45, 7) is 4.87. The van der Waals surface area contributed by atoms with Gasteiger partial charge >= 0.3 is 5.97 Å². The fraction of sp³-hybridized carbons (Fsp3) is 0.852. The maximum Gasteiger partial charge on any atom is 0.305 e. The van der Waals surface area contributed by atoms with E-state index < -0.39 is 12.1 Å². The van der Waals surface area contributed by atoms with Gasteiger partial charge in [-0.05, 0) is 77.0 Å². The zero-order valence-electron chi connectivity index (χ0n) is 39.9. The van der Waals surface area contributed by atoms with Gasteiger partial charge in [0.15, 0.2) is 0 Å². The molecule has 2 atom stereocenters. The van der Waals surface area contributed by atoms with Crippen LogP contribution in [0.3, 0.4) is 0 Å². The van der Waals surface area contributed by atoms with Crippen LogP contribution in [0.25, 0.3) is 0 Å². The second-order valence-electron chi connectivity index (χ2n) is 17.8.